The zero-order valence-electron chi connectivity index (χ0n) is 29.4. The standard InChI is InChI=1S/C50H29N3OS/c1-3-12-30(13-4-1)32-23-25-42-40(27-32)41-29-39-33(22-24-37-36-18-8-10-21-45(36)55-48(37)39)28-43(41)53(42)35-17-11-16-34(26-35)49-51-47(31-14-5-2-6-15-31)46-38-19-7-9-20-44(38)54-50(46)52-49/h1-29H. The van der Waals surface area contributed by atoms with Crippen LogP contribution in [0.2, 0.25) is 0 Å². The summed E-state index contributed by atoms with van der Waals surface area (Å²) in [6.45, 7) is 0. The van der Waals surface area contributed by atoms with Gasteiger partial charge in [0.2, 0.25) is 5.71 Å². The van der Waals surface area contributed by atoms with Crippen molar-refractivity contribution in [3.8, 4) is 39.5 Å². The molecule has 5 heteroatoms. The summed E-state index contributed by atoms with van der Waals surface area (Å²) in [5.74, 6) is 0.622. The molecule has 0 saturated heterocycles. The van der Waals surface area contributed by atoms with Gasteiger partial charge in [0, 0.05) is 58.5 Å². The fourth-order valence-corrected chi connectivity index (χ4v) is 9.68. The zero-order chi connectivity index (χ0) is 36.0. The van der Waals surface area contributed by atoms with Gasteiger partial charge in [-0.1, -0.05) is 127 Å². The van der Waals surface area contributed by atoms with Crippen molar-refractivity contribution in [2.24, 2.45) is 0 Å². The van der Waals surface area contributed by atoms with E-state index in [1.165, 1.54) is 52.8 Å². The van der Waals surface area contributed by atoms with E-state index in [2.05, 4.69) is 144 Å². The van der Waals surface area contributed by atoms with Crippen molar-refractivity contribution in [1.82, 2.24) is 14.5 Å². The highest BCUT2D eigenvalue weighted by Gasteiger charge is 2.20. The molecule has 0 fully saturated rings. The Morgan fingerprint density at radius 3 is 2.07 bits per heavy atom. The summed E-state index contributed by atoms with van der Waals surface area (Å²) in [5.41, 5.74) is 9.93. The molecule has 0 atom stereocenters. The molecule has 0 amide bonds. The molecule has 12 aromatic rings. The molecule has 4 nitrogen and oxygen atoms in total. The lowest BCUT2D eigenvalue weighted by Crippen LogP contribution is -1.97. The van der Waals surface area contributed by atoms with E-state index < -0.39 is 0 Å². The number of nitrogens with zero attached hydrogens (tertiary/aromatic N) is 3. The molecule has 4 aromatic heterocycles. The first kappa shape index (κ1) is 30.4. The van der Waals surface area contributed by atoms with Crippen LogP contribution in [0, 0.1) is 0 Å². The van der Waals surface area contributed by atoms with Crippen molar-refractivity contribution < 1.29 is 4.42 Å². The molecule has 0 N–H and O–H groups in total. The van der Waals surface area contributed by atoms with E-state index in [0.717, 1.165) is 49.9 Å². The van der Waals surface area contributed by atoms with Gasteiger partial charge >= 0.3 is 0 Å². The molecule has 0 aliphatic rings. The molecule has 0 saturated carbocycles. The smallest absolute Gasteiger partial charge is 0.231 e. The van der Waals surface area contributed by atoms with Gasteiger partial charge in [-0.25, -0.2) is 4.98 Å². The van der Waals surface area contributed by atoms with Crippen molar-refractivity contribution in [3.05, 3.63) is 176 Å². The minimum Gasteiger partial charge on any atom is -0.438 e. The van der Waals surface area contributed by atoms with Gasteiger partial charge < -0.3 is 8.98 Å². The Morgan fingerprint density at radius 2 is 1.20 bits per heavy atom. The predicted molar refractivity (Wildman–Crippen MR) is 230 cm³/mol. The second-order valence-corrected chi connectivity index (χ2v) is 15.2. The molecule has 0 spiro atoms. The molecule has 8 aromatic carbocycles. The van der Waals surface area contributed by atoms with Gasteiger partial charge in [-0.05, 0) is 65.0 Å². The van der Waals surface area contributed by atoms with Crippen molar-refractivity contribution in [2.45, 2.75) is 0 Å². The number of rotatable bonds is 4. The highest BCUT2D eigenvalue weighted by Crippen LogP contribution is 2.43. The normalized spacial score (nSPS) is 12.0. The van der Waals surface area contributed by atoms with E-state index in [9.17, 15) is 0 Å². The maximum Gasteiger partial charge on any atom is 0.231 e. The second-order valence-electron chi connectivity index (χ2n) is 14.2. The Bertz CT molecular complexity index is 3490. The molecule has 0 bridgehead atoms. The Morgan fingerprint density at radius 1 is 0.455 bits per heavy atom. The Hall–Kier alpha value is -7.08. The van der Waals surface area contributed by atoms with Crippen LogP contribution < -0.4 is 0 Å². The monoisotopic (exact) mass is 719 g/mol. The van der Waals surface area contributed by atoms with Crippen LogP contribution in [-0.2, 0) is 0 Å². The number of aromatic nitrogens is 3. The maximum atomic E-state index is 6.38. The fourth-order valence-electron chi connectivity index (χ4n) is 8.45. The lowest BCUT2D eigenvalue weighted by Gasteiger charge is -2.11. The van der Waals surface area contributed by atoms with Gasteiger partial charge in [-0.3, -0.25) is 0 Å². The highest BCUT2D eigenvalue weighted by molar-refractivity contribution is 7.26. The molecular weight excluding hydrogens is 691 g/mol. The number of para-hydroxylation sites is 1. The van der Waals surface area contributed by atoms with E-state index in [0.29, 0.717) is 11.5 Å². The predicted octanol–water partition coefficient (Wildman–Crippen LogP) is 14.0. The minimum absolute atomic E-state index is 0.583. The average molecular weight is 720 g/mol. The van der Waals surface area contributed by atoms with Crippen LogP contribution in [0.15, 0.2) is 180 Å². The third kappa shape index (κ3) is 4.64. The van der Waals surface area contributed by atoms with E-state index in [1.807, 2.05) is 47.7 Å². The quantitative estimate of drug-likeness (QED) is 0.182. The summed E-state index contributed by atoms with van der Waals surface area (Å²) < 4.78 is 11.4. The molecule has 0 aliphatic heterocycles. The highest BCUT2D eigenvalue weighted by atomic mass is 32.1. The summed E-state index contributed by atoms with van der Waals surface area (Å²) in [6.07, 6.45) is 0. The maximum absolute atomic E-state index is 6.38. The molecular formula is C50H29N3OS. The minimum atomic E-state index is 0.583. The summed E-state index contributed by atoms with van der Waals surface area (Å²) >= 11 is 1.88. The van der Waals surface area contributed by atoms with Crippen LogP contribution in [0.5, 0.6) is 0 Å². The van der Waals surface area contributed by atoms with E-state index >= 15 is 0 Å². The van der Waals surface area contributed by atoms with Gasteiger partial charge in [-0.15, -0.1) is 11.3 Å². The van der Waals surface area contributed by atoms with Crippen molar-refractivity contribution in [2.75, 3.05) is 0 Å². The van der Waals surface area contributed by atoms with E-state index in [4.69, 9.17) is 14.4 Å². The van der Waals surface area contributed by atoms with Gasteiger partial charge in [0.15, 0.2) is 5.82 Å². The Balaban J connectivity index is 1.11. The van der Waals surface area contributed by atoms with Gasteiger partial charge in [0.1, 0.15) is 5.58 Å². The summed E-state index contributed by atoms with van der Waals surface area (Å²) in [7, 11) is 0. The van der Waals surface area contributed by atoms with Crippen LogP contribution in [0.25, 0.3) is 114 Å². The van der Waals surface area contributed by atoms with Crippen LogP contribution in [0.1, 0.15) is 0 Å². The Kier molecular flexibility index (Phi) is 6.47. The van der Waals surface area contributed by atoms with Crippen LogP contribution in [0.4, 0.5) is 0 Å². The van der Waals surface area contributed by atoms with Gasteiger partial charge in [0.05, 0.1) is 22.1 Å². The number of benzene rings is 8. The second kappa shape index (κ2) is 11.7. The third-order valence-corrected chi connectivity index (χ3v) is 12.2. The van der Waals surface area contributed by atoms with Crippen molar-refractivity contribution in [1.29, 1.82) is 0 Å². The first-order valence-corrected chi connectivity index (χ1v) is 19.3. The van der Waals surface area contributed by atoms with Gasteiger partial charge in [0.25, 0.3) is 0 Å². The fraction of sp³-hybridized carbons (Fsp3) is 0. The zero-order valence-corrected chi connectivity index (χ0v) is 30.2. The molecule has 256 valence electrons. The third-order valence-electron chi connectivity index (χ3n) is 11.0. The number of thiophene rings is 1. The number of fused-ring (bicyclic) bond motifs is 11. The first-order chi connectivity index (χ1) is 27.2. The summed E-state index contributed by atoms with van der Waals surface area (Å²) in [5, 5.41) is 9.51. The SMILES string of the molecule is c1ccc(-c2ccc3c(c2)c2cc4c(ccc5c6ccccc6sc45)cc2n3-c2cccc(-c3nc(-c4ccccc4)c4c(n3)oc3ccccc34)c2)cc1. The Labute approximate surface area is 319 Å². The van der Waals surface area contributed by atoms with E-state index in [-0.39, 0.29) is 0 Å². The average Bonchev–Trinajstić information content (AvgIpc) is 3.92. The molecule has 55 heavy (non-hydrogen) atoms. The largest absolute Gasteiger partial charge is 0.438 e. The van der Waals surface area contributed by atoms with Crippen molar-refractivity contribution >= 4 is 86.2 Å². The molecule has 4 heterocycles. The number of hydrogen-bond acceptors (Lipinski definition) is 4. The summed E-state index contributed by atoms with van der Waals surface area (Å²) in [6, 6.07) is 62.6. The number of furan rings is 1. The van der Waals surface area contributed by atoms with Crippen LogP contribution in [-0.4, -0.2) is 14.5 Å². The van der Waals surface area contributed by atoms with Crippen molar-refractivity contribution in [3.63, 3.8) is 0 Å². The molecule has 0 aliphatic carbocycles. The van der Waals surface area contributed by atoms with Crippen LogP contribution >= 0.6 is 11.3 Å². The molecule has 0 unspecified atom stereocenters. The van der Waals surface area contributed by atoms with E-state index in [1.54, 1.807) is 0 Å². The summed E-state index contributed by atoms with van der Waals surface area (Å²) in [4.78, 5) is 10.3. The first-order valence-electron chi connectivity index (χ1n) is 18.5. The topological polar surface area (TPSA) is 43.9 Å². The lowest BCUT2D eigenvalue weighted by atomic mass is 10.0. The molecule has 0 radical (unpaired) electrons. The van der Waals surface area contributed by atoms with Crippen LogP contribution in [0.3, 0.4) is 0 Å². The van der Waals surface area contributed by atoms with Gasteiger partial charge in [-0.2, -0.15) is 4.98 Å². The molecule has 12 rings (SSSR count). The number of hydrogen-bond donors (Lipinski definition) is 0. The lowest BCUT2D eigenvalue weighted by molar-refractivity contribution is 0.653.